The van der Waals surface area contributed by atoms with Crippen LogP contribution in [0.15, 0.2) is 0 Å². The molecule has 0 aliphatic carbocycles. The molecular weight excluding hydrogens is 196 g/mol. The predicted molar refractivity (Wildman–Crippen MR) is 46.6 cm³/mol. The van der Waals surface area contributed by atoms with Gasteiger partial charge in [-0.25, -0.2) is 13.9 Å². The fourth-order valence-electron chi connectivity index (χ4n) is 0.703. The van der Waals surface area contributed by atoms with E-state index in [1.54, 1.807) is 0 Å². The van der Waals surface area contributed by atoms with Crippen LogP contribution in [0, 0.1) is 0 Å². The number of nitrogens with one attached hydrogen (secondary N) is 1. The van der Waals surface area contributed by atoms with Gasteiger partial charge in [0.1, 0.15) is 6.04 Å². The lowest BCUT2D eigenvalue weighted by Crippen LogP contribution is -2.45. The Kier molecular flexibility index (Phi) is 4.31. The molecule has 0 aromatic heterocycles. The number of carbonyl (C=O) groups is 1. The highest BCUT2D eigenvalue weighted by atomic mass is 32.2. The molecule has 0 heterocycles. The van der Waals surface area contributed by atoms with Gasteiger partial charge in [-0.15, -0.1) is 0 Å². The lowest BCUT2D eigenvalue weighted by molar-refractivity contribution is -0.132. The summed E-state index contributed by atoms with van der Waals surface area (Å²) >= 11 is 0. The molecule has 1 unspecified atom stereocenters. The summed E-state index contributed by atoms with van der Waals surface area (Å²) in [5.74, 6) is -0.827. The van der Waals surface area contributed by atoms with E-state index in [1.807, 2.05) is 0 Å². The van der Waals surface area contributed by atoms with E-state index < -0.39 is 22.0 Å². The standard InChI is InChI=1S/C6H14N2O4S/c1-4-13(11,12)8(3)5(2)6(9)7-10/h5,10H,4H2,1-3H3,(H,7,9). The highest BCUT2D eigenvalue weighted by Gasteiger charge is 2.26. The van der Waals surface area contributed by atoms with Crippen LogP contribution in [-0.4, -0.2) is 42.7 Å². The maximum Gasteiger partial charge on any atom is 0.261 e. The first-order chi connectivity index (χ1) is 5.86. The lowest BCUT2D eigenvalue weighted by atomic mass is 10.3. The van der Waals surface area contributed by atoms with Gasteiger partial charge in [0.2, 0.25) is 10.0 Å². The van der Waals surface area contributed by atoms with Crippen LogP contribution < -0.4 is 5.48 Å². The van der Waals surface area contributed by atoms with Gasteiger partial charge in [0.05, 0.1) is 5.75 Å². The maximum absolute atomic E-state index is 11.2. The highest BCUT2D eigenvalue weighted by Crippen LogP contribution is 2.03. The molecule has 7 heteroatoms. The second-order valence-corrected chi connectivity index (χ2v) is 4.89. The van der Waals surface area contributed by atoms with Gasteiger partial charge in [-0.3, -0.25) is 10.0 Å². The second kappa shape index (κ2) is 4.54. The molecule has 0 bridgehead atoms. The normalized spacial score (nSPS) is 14.2. The van der Waals surface area contributed by atoms with E-state index in [2.05, 4.69) is 0 Å². The number of hydrogen-bond donors (Lipinski definition) is 2. The molecule has 0 aromatic rings. The molecule has 0 aliphatic rings. The van der Waals surface area contributed by atoms with Crippen molar-refractivity contribution in [3.05, 3.63) is 0 Å². The van der Waals surface area contributed by atoms with Crippen LogP contribution >= 0.6 is 0 Å². The van der Waals surface area contributed by atoms with Crippen molar-refractivity contribution in [3.63, 3.8) is 0 Å². The summed E-state index contributed by atoms with van der Waals surface area (Å²) in [5.41, 5.74) is 1.40. The summed E-state index contributed by atoms with van der Waals surface area (Å²) in [7, 11) is -2.10. The third-order valence-corrected chi connectivity index (χ3v) is 3.76. The number of sulfonamides is 1. The molecule has 0 saturated carbocycles. The van der Waals surface area contributed by atoms with E-state index >= 15 is 0 Å². The maximum atomic E-state index is 11.2. The first-order valence-corrected chi connectivity index (χ1v) is 5.37. The molecule has 13 heavy (non-hydrogen) atoms. The SMILES string of the molecule is CCS(=O)(=O)N(C)C(C)C(=O)NO. The second-order valence-electron chi connectivity index (χ2n) is 2.57. The van der Waals surface area contributed by atoms with Gasteiger partial charge in [0, 0.05) is 7.05 Å². The molecule has 2 N–H and O–H groups in total. The third kappa shape index (κ3) is 2.94. The Morgan fingerprint density at radius 3 is 2.38 bits per heavy atom. The molecule has 6 nitrogen and oxygen atoms in total. The minimum absolute atomic E-state index is 0.0768. The summed E-state index contributed by atoms with van der Waals surface area (Å²) < 4.78 is 23.4. The summed E-state index contributed by atoms with van der Waals surface area (Å²) in [6, 6.07) is -0.907. The van der Waals surface area contributed by atoms with Crippen LogP contribution in [0.1, 0.15) is 13.8 Å². The topological polar surface area (TPSA) is 86.7 Å². The minimum atomic E-state index is -3.39. The summed E-state index contributed by atoms with van der Waals surface area (Å²) in [4.78, 5) is 10.8. The Morgan fingerprint density at radius 1 is 1.62 bits per heavy atom. The van der Waals surface area contributed by atoms with Crippen molar-refractivity contribution in [2.45, 2.75) is 19.9 Å². The van der Waals surface area contributed by atoms with E-state index in [4.69, 9.17) is 5.21 Å². The molecule has 0 aliphatic heterocycles. The van der Waals surface area contributed by atoms with Crippen molar-refractivity contribution in [1.29, 1.82) is 0 Å². The largest absolute Gasteiger partial charge is 0.289 e. The van der Waals surface area contributed by atoms with Crippen molar-refractivity contribution in [1.82, 2.24) is 9.79 Å². The molecule has 0 rings (SSSR count). The average Bonchev–Trinajstić information content (AvgIpc) is 2.14. The molecule has 0 spiro atoms. The van der Waals surface area contributed by atoms with Gasteiger partial charge in [-0.2, -0.15) is 4.31 Å². The molecule has 0 fully saturated rings. The van der Waals surface area contributed by atoms with E-state index in [9.17, 15) is 13.2 Å². The quantitative estimate of drug-likeness (QED) is 0.468. The van der Waals surface area contributed by atoms with E-state index in [-0.39, 0.29) is 5.75 Å². The molecule has 0 saturated heterocycles. The molecule has 78 valence electrons. The molecular formula is C6H14N2O4S. The Morgan fingerprint density at radius 2 is 2.08 bits per heavy atom. The van der Waals surface area contributed by atoms with Crippen LogP contribution in [0.2, 0.25) is 0 Å². The minimum Gasteiger partial charge on any atom is -0.289 e. The first kappa shape index (κ1) is 12.3. The van der Waals surface area contributed by atoms with E-state index in [0.29, 0.717) is 0 Å². The van der Waals surface area contributed by atoms with Crippen LogP contribution in [0.5, 0.6) is 0 Å². The number of rotatable bonds is 4. The van der Waals surface area contributed by atoms with Gasteiger partial charge >= 0.3 is 0 Å². The van der Waals surface area contributed by atoms with Gasteiger partial charge in [0.15, 0.2) is 0 Å². The zero-order chi connectivity index (χ0) is 10.6. The Labute approximate surface area is 77.5 Å². The summed E-state index contributed by atoms with van der Waals surface area (Å²) in [6.07, 6.45) is 0. The summed E-state index contributed by atoms with van der Waals surface area (Å²) in [6.45, 7) is 2.87. The molecule has 0 aromatic carbocycles. The van der Waals surface area contributed by atoms with Crippen LogP contribution in [-0.2, 0) is 14.8 Å². The van der Waals surface area contributed by atoms with Crippen LogP contribution in [0.3, 0.4) is 0 Å². The Bertz CT molecular complexity index is 274. The van der Waals surface area contributed by atoms with Gasteiger partial charge in [-0.1, -0.05) is 0 Å². The predicted octanol–water partition coefficient (Wildman–Crippen LogP) is -0.838. The van der Waals surface area contributed by atoms with Crippen molar-refractivity contribution < 1.29 is 18.4 Å². The fraction of sp³-hybridized carbons (Fsp3) is 0.833. The lowest BCUT2D eigenvalue weighted by Gasteiger charge is -2.21. The van der Waals surface area contributed by atoms with Crippen molar-refractivity contribution in [3.8, 4) is 0 Å². The number of nitrogens with zero attached hydrogens (tertiary/aromatic N) is 1. The van der Waals surface area contributed by atoms with Crippen molar-refractivity contribution >= 4 is 15.9 Å². The Hall–Kier alpha value is -0.660. The van der Waals surface area contributed by atoms with Gasteiger partial charge < -0.3 is 0 Å². The third-order valence-electron chi connectivity index (χ3n) is 1.84. The zero-order valence-electron chi connectivity index (χ0n) is 7.81. The number of carbonyl (C=O) groups excluding carboxylic acids is 1. The monoisotopic (exact) mass is 210 g/mol. The molecule has 1 atom stereocenters. The number of hydrogen-bond acceptors (Lipinski definition) is 4. The van der Waals surface area contributed by atoms with Crippen molar-refractivity contribution in [2.75, 3.05) is 12.8 Å². The van der Waals surface area contributed by atoms with E-state index in [1.165, 1.54) is 26.4 Å². The number of amides is 1. The van der Waals surface area contributed by atoms with Crippen molar-refractivity contribution in [2.24, 2.45) is 0 Å². The number of likely N-dealkylation sites (N-methyl/N-ethyl adjacent to an activating group) is 1. The van der Waals surface area contributed by atoms with Gasteiger partial charge in [-0.05, 0) is 13.8 Å². The highest BCUT2D eigenvalue weighted by molar-refractivity contribution is 7.89. The van der Waals surface area contributed by atoms with Gasteiger partial charge in [0.25, 0.3) is 5.91 Å². The van der Waals surface area contributed by atoms with Crippen LogP contribution in [0.25, 0.3) is 0 Å². The smallest absolute Gasteiger partial charge is 0.261 e. The zero-order valence-corrected chi connectivity index (χ0v) is 8.63. The first-order valence-electron chi connectivity index (χ1n) is 3.76. The fourth-order valence-corrected chi connectivity index (χ4v) is 1.69. The Balaban J connectivity index is 4.61. The average molecular weight is 210 g/mol. The van der Waals surface area contributed by atoms with E-state index in [0.717, 1.165) is 4.31 Å². The molecule has 1 amide bonds. The number of hydroxylamine groups is 1. The summed E-state index contributed by atoms with van der Waals surface area (Å²) in [5, 5.41) is 8.27. The molecule has 0 radical (unpaired) electrons. The van der Waals surface area contributed by atoms with Crippen LogP contribution in [0.4, 0.5) is 0 Å².